The lowest BCUT2D eigenvalue weighted by molar-refractivity contribution is 1.33. The molecule has 1 N–H and O–H groups in total. The number of nitrogens with zero attached hydrogens (tertiary/aromatic N) is 3. The Bertz CT molecular complexity index is 1610. The maximum atomic E-state index is 4.74. The molecule has 4 aromatic carbocycles. The van der Waals surface area contributed by atoms with E-state index in [1.807, 2.05) is 115 Å². The first-order chi connectivity index (χ1) is 18.2. The minimum atomic E-state index is 0.810. The maximum Gasteiger partial charge on any atom is 0.138 e. The van der Waals surface area contributed by atoms with Crippen LogP contribution in [0.5, 0.6) is 0 Å². The molecule has 0 aliphatic heterocycles. The summed E-state index contributed by atoms with van der Waals surface area (Å²) in [5, 5.41) is 0. The Morgan fingerprint density at radius 1 is 0.649 bits per heavy atom. The Morgan fingerprint density at radius 3 is 1.78 bits per heavy atom. The van der Waals surface area contributed by atoms with Crippen LogP contribution in [0.25, 0.3) is 31.4 Å². The average molecular weight is 610 g/mol. The zero-order chi connectivity index (χ0) is 25.5. The Kier molecular flexibility index (Phi) is 7.99. The van der Waals surface area contributed by atoms with Crippen LogP contribution >= 0.6 is 31.9 Å². The highest BCUT2D eigenvalue weighted by Gasteiger charge is 2.06. The molecular weight excluding hydrogens is 588 g/mol. The number of imidazole rings is 1. The van der Waals surface area contributed by atoms with Crippen molar-refractivity contribution in [1.29, 1.82) is 0 Å². The molecule has 0 bridgehead atoms. The van der Waals surface area contributed by atoms with Crippen molar-refractivity contribution >= 4 is 75.7 Å². The first-order valence-electron chi connectivity index (χ1n) is 11.7. The second-order valence-electron chi connectivity index (χ2n) is 8.15. The molecule has 0 saturated heterocycles. The molecule has 0 fully saturated rings. The summed E-state index contributed by atoms with van der Waals surface area (Å²) in [4.78, 5) is 17.3. The van der Waals surface area contributed by atoms with Crippen LogP contribution in [0, 0.1) is 0 Å². The summed E-state index contributed by atoms with van der Waals surface area (Å²) < 4.78 is 1.97. The van der Waals surface area contributed by atoms with E-state index in [0.29, 0.717) is 0 Å². The van der Waals surface area contributed by atoms with Crippen LogP contribution in [0.2, 0.25) is 0 Å². The molecule has 1 heterocycles. The summed E-state index contributed by atoms with van der Waals surface area (Å²) in [5.74, 6) is 0.810. The third-order valence-electron chi connectivity index (χ3n) is 5.59. The number of hydrogen-bond donors (Lipinski definition) is 1. The van der Waals surface area contributed by atoms with Crippen molar-refractivity contribution in [3.05, 3.63) is 126 Å². The normalized spacial score (nSPS) is 12.7. The van der Waals surface area contributed by atoms with Gasteiger partial charge in [0.1, 0.15) is 5.82 Å². The van der Waals surface area contributed by atoms with Crippen LogP contribution in [-0.4, -0.2) is 22.4 Å². The molecular formula is C31H22Br2N4. The van der Waals surface area contributed by atoms with E-state index in [1.165, 1.54) is 0 Å². The van der Waals surface area contributed by atoms with Gasteiger partial charge < -0.3 is 4.98 Å². The van der Waals surface area contributed by atoms with Gasteiger partial charge in [-0.3, -0.25) is 9.98 Å². The second kappa shape index (κ2) is 11.9. The van der Waals surface area contributed by atoms with Crippen LogP contribution in [0.15, 0.2) is 125 Å². The Hall–Kier alpha value is -3.87. The highest BCUT2D eigenvalue weighted by Crippen LogP contribution is 2.26. The number of hydrogen-bond acceptors (Lipinski definition) is 3. The lowest BCUT2D eigenvalue weighted by Gasteiger charge is -1.98. The van der Waals surface area contributed by atoms with Gasteiger partial charge >= 0.3 is 0 Å². The summed E-state index contributed by atoms with van der Waals surface area (Å²) in [7, 11) is 0. The van der Waals surface area contributed by atoms with Crippen molar-refractivity contribution in [3.8, 4) is 11.4 Å². The second-order valence-corrected chi connectivity index (χ2v) is 9.86. The van der Waals surface area contributed by atoms with E-state index in [1.54, 1.807) is 12.4 Å². The number of H-pyrrole nitrogens is 1. The Labute approximate surface area is 232 Å². The standard InChI is InChI=1S/C31H22Br2N4/c32-27(22-7-3-1-4-8-22)17-19-34-25-13-11-24(12-14-25)31-36-29-16-15-26(21-30(29)37-31)35-20-18-28(33)23-9-5-2-6-10-23/h1-21H,(H,36,37)/b27-17-,28-18-,34-19?,35-20?. The monoisotopic (exact) mass is 608 g/mol. The summed E-state index contributed by atoms with van der Waals surface area (Å²) >= 11 is 7.20. The summed E-state index contributed by atoms with van der Waals surface area (Å²) in [6.45, 7) is 0. The van der Waals surface area contributed by atoms with Gasteiger partial charge in [0, 0.05) is 27.0 Å². The number of fused-ring (bicyclic) bond motifs is 1. The molecule has 0 saturated carbocycles. The number of aliphatic imine (C=N–C) groups is 2. The van der Waals surface area contributed by atoms with Crippen molar-refractivity contribution < 1.29 is 0 Å². The lowest BCUT2D eigenvalue weighted by atomic mass is 10.2. The number of benzene rings is 4. The molecule has 5 rings (SSSR count). The molecule has 37 heavy (non-hydrogen) atoms. The molecule has 1 aromatic heterocycles. The predicted molar refractivity (Wildman–Crippen MR) is 165 cm³/mol. The minimum absolute atomic E-state index is 0.810. The van der Waals surface area contributed by atoms with Gasteiger partial charge in [0.15, 0.2) is 0 Å². The van der Waals surface area contributed by atoms with E-state index in [4.69, 9.17) is 4.98 Å². The number of halogens is 2. The van der Waals surface area contributed by atoms with Crippen LogP contribution in [-0.2, 0) is 0 Å². The van der Waals surface area contributed by atoms with Gasteiger partial charge in [-0.15, -0.1) is 0 Å². The Morgan fingerprint density at radius 2 is 1.19 bits per heavy atom. The molecule has 0 atom stereocenters. The lowest BCUT2D eigenvalue weighted by Crippen LogP contribution is -1.79. The third kappa shape index (κ3) is 6.47. The fourth-order valence-corrected chi connectivity index (χ4v) is 4.45. The van der Waals surface area contributed by atoms with Crippen molar-refractivity contribution in [3.63, 3.8) is 0 Å². The van der Waals surface area contributed by atoms with Crippen molar-refractivity contribution in [2.45, 2.75) is 0 Å². The van der Waals surface area contributed by atoms with Crippen molar-refractivity contribution in [1.82, 2.24) is 9.97 Å². The molecule has 0 radical (unpaired) electrons. The SMILES string of the molecule is Br/C(=C\C=Nc1ccc(-c2nc3ccc(N=C/C=C(\Br)c4ccccc4)cc3[nH]2)cc1)c1ccccc1. The quantitative estimate of drug-likeness (QED) is 0.184. The van der Waals surface area contributed by atoms with Crippen molar-refractivity contribution in [2.75, 3.05) is 0 Å². The van der Waals surface area contributed by atoms with E-state index < -0.39 is 0 Å². The fraction of sp³-hybridized carbons (Fsp3) is 0. The van der Waals surface area contributed by atoms with Gasteiger partial charge in [0.05, 0.1) is 22.4 Å². The third-order valence-corrected chi connectivity index (χ3v) is 7.04. The number of nitrogens with one attached hydrogen (secondary N) is 1. The molecule has 6 heteroatoms. The summed E-state index contributed by atoms with van der Waals surface area (Å²) in [6.07, 6.45) is 7.47. The zero-order valence-corrected chi connectivity index (χ0v) is 22.9. The Balaban J connectivity index is 1.27. The number of rotatable bonds is 7. The molecule has 0 unspecified atom stereocenters. The van der Waals surface area contributed by atoms with E-state index in [-0.39, 0.29) is 0 Å². The van der Waals surface area contributed by atoms with Crippen LogP contribution in [0.1, 0.15) is 11.1 Å². The summed E-state index contributed by atoms with van der Waals surface area (Å²) in [5.41, 5.74) is 6.77. The van der Waals surface area contributed by atoms with Crippen LogP contribution < -0.4 is 0 Å². The van der Waals surface area contributed by atoms with Gasteiger partial charge in [-0.25, -0.2) is 4.98 Å². The van der Waals surface area contributed by atoms with Crippen molar-refractivity contribution in [2.24, 2.45) is 9.98 Å². The van der Waals surface area contributed by atoms with E-state index >= 15 is 0 Å². The number of allylic oxidation sites excluding steroid dienone is 2. The van der Waals surface area contributed by atoms with E-state index in [2.05, 4.69) is 46.8 Å². The first kappa shape index (κ1) is 24.8. The van der Waals surface area contributed by atoms with Gasteiger partial charge in [-0.05, 0) is 65.7 Å². The highest BCUT2D eigenvalue weighted by molar-refractivity contribution is 9.15. The topological polar surface area (TPSA) is 53.4 Å². The first-order valence-corrected chi connectivity index (χ1v) is 13.2. The molecule has 0 amide bonds. The smallest absolute Gasteiger partial charge is 0.138 e. The predicted octanol–water partition coefficient (Wildman–Crippen LogP) is 9.51. The molecule has 0 spiro atoms. The maximum absolute atomic E-state index is 4.74. The van der Waals surface area contributed by atoms with Gasteiger partial charge in [0.2, 0.25) is 0 Å². The molecule has 180 valence electrons. The average Bonchev–Trinajstić information content (AvgIpc) is 3.38. The highest BCUT2D eigenvalue weighted by atomic mass is 79.9. The van der Waals surface area contributed by atoms with Gasteiger partial charge in [-0.1, -0.05) is 92.5 Å². The molecule has 0 aliphatic carbocycles. The van der Waals surface area contributed by atoms with Crippen LogP contribution in [0.4, 0.5) is 11.4 Å². The van der Waals surface area contributed by atoms with Crippen LogP contribution in [0.3, 0.4) is 0 Å². The fourth-order valence-electron chi connectivity index (χ4n) is 3.68. The van der Waals surface area contributed by atoms with Gasteiger partial charge in [0.25, 0.3) is 0 Å². The largest absolute Gasteiger partial charge is 0.338 e. The van der Waals surface area contributed by atoms with Gasteiger partial charge in [-0.2, -0.15) is 0 Å². The number of aromatic nitrogens is 2. The van der Waals surface area contributed by atoms with E-state index in [0.717, 1.165) is 53.9 Å². The van der Waals surface area contributed by atoms with E-state index in [9.17, 15) is 0 Å². The zero-order valence-electron chi connectivity index (χ0n) is 19.7. The molecule has 0 aliphatic rings. The molecule has 4 nitrogen and oxygen atoms in total. The summed E-state index contributed by atoms with van der Waals surface area (Å²) in [6, 6.07) is 34.2. The molecule has 5 aromatic rings. The minimum Gasteiger partial charge on any atom is -0.338 e. The number of aromatic amines is 1.